The summed E-state index contributed by atoms with van der Waals surface area (Å²) in [5, 5.41) is 0. The van der Waals surface area contributed by atoms with Crippen LogP contribution >= 0.6 is 11.8 Å². The second kappa shape index (κ2) is 5.01. The molecular formula is C17H17FS. The van der Waals surface area contributed by atoms with Gasteiger partial charge in [0.15, 0.2) is 0 Å². The van der Waals surface area contributed by atoms with Crippen LogP contribution in [0.2, 0.25) is 0 Å². The third kappa shape index (κ3) is 2.18. The highest BCUT2D eigenvalue weighted by Gasteiger charge is 2.28. The minimum absolute atomic E-state index is 0.0616. The molecule has 1 aliphatic heterocycles. The van der Waals surface area contributed by atoms with E-state index in [0.717, 1.165) is 16.9 Å². The molecular weight excluding hydrogens is 255 g/mol. The first-order chi connectivity index (χ1) is 9.18. The van der Waals surface area contributed by atoms with Gasteiger partial charge in [0.05, 0.1) is 0 Å². The third-order valence-corrected chi connectivity index (χ3v) is 4.90. The number of fused-ring (bicyclic) bond motifs is 2. The lowest BCUT2D eigenvalue weighted by Gasteiger charge is -2.24. The fourth-order valence-electron chi connectivity index (χ4n) is 2.93. The zero-order valence-electron chi connectivity index (χ0n) is 11.2. The molecule has 0 saturated heterocycles. The monoisotopic (exact) mass is 272 g/mol. The van der Waals surface area contributed by atoms with Gasteiger partial charge in [-0.1, -0.05) is 44.2 Å². The Kier molecular flexibility index (Phi) is 3.36. The lowest BCUT2D eigenvalue weighted by molar-refractivity contribution is 0.517. The minimum Gasteiger partial charge on any atom is -0.207 e. The Morgan fingerprint density at radius 1 is 1.11 bits per heavy atom. The van der Waals surface area contributed by atoms with Gasteiger partial charge in [-0.15, -0.1) is 11.8 Å². The summed E-state index contributed by atoms with van der Waals surface area (Å²) in [5.41, 5.74) is 3.31. The van der Waals surface area contributed by atoms with Crippen LogP contribution in [0.25, 0.3) is 0 Å². The summed E-state index contributed by atoms with van der Waals surface area (Å²) in [6.07, 6.45) is 0. The molecule has 3 rings (SSSR count). The molecule has 0 aromatic heterocycles. The normalized spacial score (nSPS) is 17.8. The molecule has 0 unspecified atom stereocenters. The van der Waals surface area contributed by atoms with E-state index in [1.165, 1.54) is 10.5 Å². The average Bonchev–Trinajstić information content (AvgIpc) is 2.56. The summed E-state index contributed by atoms with van der Waals surface area (Å²) in [5.74, 6) is 1.33. The van der Waals surface area contributed by atoms with Crippen LogP contribution in [0, 0.1) is 11.7 Å². The molecule has 0 radical (unpaired) electrons. The Morgan fingerprint density at radius 3 is 2.68 bits per heavy atom. The first kappa shape index (κ1) is 12.7. The van der Waals surface area contributed by atoms with Crippen LogP contribution in [-0.4, -0.2) is 0 Å². The minimum atomic E-state index is -0.0616. The summed E-state index contributed by atoms with van der Waals surface area (Å²) >= 11 is 1.82. The number of hydrogen-bond donors (Lipinski definition) is 0. The molecule has 1 aliphatic rings. The third-order valence-electron chi connectivity index (χ3n) is 3.76. The van der Waals surface area contributed by atoms with Gasteiger partial charge in [0.2, 0.25) is 0 Å². The van der Waals surface area contributed by atoms with Crippen LogP contribution in [0.5, 0.6) is 0 Å². The molecule has 2 aromatic carbocycles. The predicted molar refractivity (Wildman–Crippen MR) is 79.1 cm³/mol. The van der Waals surface area contributed by atoms with Gasteiger partial charge in [0, 0.05) is 16.6 Å². The number of thioether (sulfide) groups is 1. The summed E-state index contributed by atoms with van der Waals surface area (Å²) in [7, 11) is 0. The first-order valence-electron chi connectivity index (χ1n) is 6.67. The largest absolute Gasteiger partial charge is 0.207 e. The van der Waals surface area contributed by atoms with Crippen molar-refractivity contribution < 1.29 is 4.39 Å². The van der Waals surface area contributed by atoms with Crippen molar-refractivity contribution in [3.63, 3.8) is 0 Å². The van der Waals surface area contributed by atoms with E-state index >= 15 is 0 Å². The van der Waals surface area contributed by atoms with Gasteiger partial charge < -0.3 is 0 Å². The van der Waals surface area contributed by atoms with Crippen LogP contribution in [0.3, 0.4) is 0 Å². The SMILES string of the molecule is CC(C)[C@@H]1c2ccccc2SCc2cccc(F)c21. The van der Waals surface area contributed by atoms with Crippen molar-refractivity contribution >= 4 is 11.8 Å². The highest BCUT2D eigenvalue weighted by atomic mass is 32.2. The highest BCUT2D eigenvalue weighted by Crippen LogP contribution is 2.44. The summed E-state index contributed by atoms with van der Waals surface area (Å²) in [6.45, 7) is 4.35. The number of benzene rings is 2. The number of hydrogen-bond acceptors (Lipinski definition) is 1. The summed E-state index contributed by atoms with van der Waals surface area (Å²) in [4.78, 5) is 1.29. The van der Waals surface area contributed by atoms with Crippen LogP contribution < -0.4 is 0 Å². The molecule has 0 amide bonds. The van der Waals surface area contributed by atoms with E-state index < -0.39 is 0 Å². The van der Waals surface area contributed by atoms with Crippen molar-refractivity contribution in [1.82, 2.24) is 0 Å². The zero-order valence-corrected chi connectivity index (χ0v) is 12.0. The summed E-state index contributed by atoms with van der Waals surface area (Å²) in [6, 6.07) is 13.9. The Hall–Kier alpha value is -1.28. The Labute approximate surface area is 118 Å². The molecule has 0 saturated carbocycles. The van der Waals surface area contributed by atoms with Crippen molar-refractivity contribution in [2.45, 2.75) is 30.4 Å². The Morgan fingerprint density at radius 2 is 1.89 bits per heavy atom. The van der Waals surface area contributed by atoms with E-state index in [0.29, 0.717) is 5.92 Å². The van der Waals surface area contributed by atoms with Crippen LogP contribution in [0.15, 0.2) is 47.4 Å². The molecule has 0 spiro atoms. The molecule has 2 aromatic rings. The fourth-order valence-corrected chi connectivity index (χ4v) is 4.03. The van der Waals surface area contributed by atoms with Gasteiger partial charge in [-0.05, 0) is 34.7 Å². The van der Waals surface area contributed by atoms with E-state index in [-0.39, 0.29) is 11.7 Å². The topological polar surface area (TPSA) is 0 Å². The van der Waals surface area contributed by atoms with E-state index in [9.17, 15) is 4.39 Å². The molecule has 0 nitrogen and oxygen atoms in total. The lowest BCUT2D eigenvalue weighted by atomic mass is 9.80. The van der Waals surface area contributed by atoms with Crippen LogP contribution in [0.1, 0.15) is 36.5 Å². The Balaban J connectivity index is 2.26. The molecule has 0 N–H and O–H groups in total. The second-order valence-electron chi connectivity index (χ2n) is 5.36. The van der Waals surface area contributed by atoms with E-state index in [4.69, 9.17) is 0 Å². The molecule has 1 heterocycles. The molecule has 2 heteroatoms. The molecule has 0 bridgehead atoms. The number of halogens is 1. The average molecular weight is 272 g/mol. The van der Waals surface area contributed by atoms with E-state index in [2.05, 4.69) is 44.2 Å². The van der Waals surface area contributed by atoms with E-state index in [1.54, 1.807) is 6.07 Å². The van der Waals surface area contributed by atoms with Gasteiger partial charge in [0.25, 0.3) is 0 Å². The molecule has 1 atom stereocenters. The van der Waals surface area contributed by atoms with Crippen LogP contribution in [-0.2, 0) is 5.75 Å². The quantitative estimate of drug-likeness (QED) is 0.686. The van der Waals surface area contributed by atoms with Gasteiger partial charge in [-0.25, -0.2) is 4.39 Å². The number of rotatable bonds is 1. The molecule has 98 valence electrons. The molecule has 0 fully saturated rings. The molecule has 19 heavy (non-hydrogen) atoms. The van der Waals surface area contributed by atoms with Gasteiger partial charge >= 0.3 is 0 Å². The van der Waals surface area contributed by atoms with Crippen molar-refractivity contribution in [3.8, 4) is 0 Å². The molecule has 0 aliphatic carbocycles. The maximum atomic E-state index is 14.3. The predicted octanol–water partition coefficient (Wildman–Crippen LogP) is 5.22. The van der Waals surface area contributed by atoms with Gasteiger partial charge in [-0.3, -0.25) is 0 Å². The van der Waals surface area contributed by atoms with Crippen molar-refractivity contribution in [3.05, 3.63) is 65.0 Å². The summed E-state index contributed by atoms with van der Waals surface area (Å²) < 4.78 is 14.3. The van der Waals surface area contributed by atoms with Crippen molar-refractivity contribution in [2.75, 3.05) is 0 Å². The van der Waals surface area contributed by atoms with Gasteiger partial charge in [-0.2, -0.15) is 0 Å². The van der Waals surface area contributed by atoms with Crippen molar-refractivity contribution in [2.24, 2.45) is 5.92 Å². The second-order valence-corrected chi connectivity index (χ2v) is 6.38. The zero-order chi connectivity index (χ0) is 13.4. The Bertz CT molecular complexity index is 604. The lowest BCUT2D eigenvalue weighted by Crippen LogP contribution is -2.12. The van der Waals surface area contributed by atoms with E-state index in [1.807, 2.05) is 17.8 Å². The van der Waals surface area contributed by atoms with Crippen molar-refractivity contribution in [1.29, 1.82) is 0 Å². The highest BCUT2D eigenvalue weighted by molar-refractivity contribution is 7.98. The maximum absolute atomic E-state index is 14.3. The van der Waals surface area contributed by atoms with Gasteiger partial charge in [0.1, 0.15) is 5.82 Å². The fraction of sp³-hybridized carbons (Fsp3) is 0.294. The first-order valence-corrected chi connectivity index (χ1v) is 7.66. The maximum Gasteiger partial charge on any atom is 0.127 e. The van der Waals surface area contributed by atoms with Crippen LogP contribution in [0.4, 0.5) is 4.39 Å². The standard InChI is InChI=1S/C17H17FS/c1-11(2)16-13-7-3-4-9-15(13)19-10-12-6-5-8-14(18)17(12)16/h3-9,11,16H,10H2,1-2H3/t16-/m1/s1. The smallest absolute Gasteiger partial charge is 0.127 e.